The van der Waals surface area contributed by atoms with Gasteiger partial charge in [0.25, 0.3) is 0 Å². The average molecular weight is 413 g/mol. The number of methoxy groups -OCH3 is 1. The number of carbonyl (C=O) groups is 1. The van der Waals surface area contributed by atoms with E-state index in [1.807, 2.05) is 48.5 Å². The highest BCUT2D eigenvalue weighted by Crippen LogP contribution is 2.18. The van der Waals surface area contributed by atoms with Gasteiger partial charge in [-0.3, -0.25) is 4.79 Å². The van der Waals surface area contributed by atoms with Crippen molar-refractivity contribution in [2.24, 2.45) is 0 Å². The highest BCUT2D eigenvalue weighted by atomic mass is 32.2. The molecule has 0 radical (unpaired) electrons. The summed E-state index contributed by atoms with van der Waals surface area (Å²) in [5.74, 6) is -0.216. The number of benzene rings is 3. The van der Waals surface area contributed by atoms with Gasteiger partial charge < -0.3 is 10.1 Å². The van der Waals surface area contributed by atoms with E-state index < -0.39 is 10.0 Å². The zero-order valence-corrected chi connectivity index (χ0v) is 17.0. The van der Waals surface area contributed by atoms with Gasteiger partial charge in [0.2, 0.25) is 15.9 Å². The van der Waals surface area contributed by atoms with E-state index in [-0.39, 0.29) is 23.8 Å². The molecule has 7 heteroatoms. The maximum absolute atomic E-state index is 12.5. The molecule has 0 heterocycles. The average Bonchev–Trinajstić information content (AvgIpc) is 2.73. The molecule has 0 saturated carbocycles. The van der Waals surface area contributed by atoms with E-state index in [4.69, 9.17) is 4.74 Å². The Balaban J connectivity index is 1.48. The third kappa shape index (κ3) is 5.87. The summed E-state index contributed by atoms with van der Waals surface area (Å²) >= 11 is 0. The van der Waals surface area contributed by atoms with Crippen LogP contribution in [0.4, 0.5) is 0 Å². The lowest BCUT2D eigenvalue weighted by Gasteiger charge is -2.09. The maximum atomic E-state index is 12.5. The second kappa shape index (κ2) is 9.65. The molecule has 0 bridgehead atoms. The Labute approximate surface area is 170 Å². The number of fused-ring (bicyclic) bond motifs is 1. The normalized spacial score (nSPS) is 11.5. The number of hydrogen-bond donors (Lipinski definition) is 2. The molecule has 0 aromatic heterocycles. The number of nitrogens with one attached hydrogen (secondary N) is 2. The van der Waals surface area contributed by atoms with Gasteiger partial charge in [-0.1, -0.05) is 54.6 Å². The van der Waals surface area contributed by atoms with E-state index in [1.54, 1.807) is 25.3 Å². The molecule has 0 aliphatic rings. The van der Waals surface area contributed by atoms with Crippen molar-refractivity contribution in [1.29, 1.82) is 0 Å². The fraction of sp³-hybridized carbons (Fsp3) is 0.227. The molecule has 3 rings (SSSR count). The number of rotatable bonds is 9. The number of amides is 1. The van der Waals surface area contributed by atoms with Gasteiger partial charge in [0, 0.05) is 26.6 Å². The molecule has 29 heavy (non-hydrogen) atoms. The second-order valence-electron chi connectivity index (χ2n) is 6.68. The van der Waals surface area contributed by atoms with Gasteiger partial charge in [0.1, 0.15) is 0 Å². The van der Waals surface area contributed by atoms with Gasteiger partial charge in [-0.2, -0.15) is 0 Å². The lowest BCUT2D eigenvalue weighted by molar-refractivity contribution is -0.121. The van der Waals surface area contributed by atoms with Crippen LogP contribution in [0.3, 0.4) is 0 Å². The highest BCUT2D eigenvalue weighted by Gasteiger charge is 2.14. The highest BCUT2D eigenvalue weighted by molar-refractivity contribution is 7.89. The zero-order valence-electron chi connectivity index (χ0n) is 16.2. The standard InChI is InChI=1S/C22H24N2O4S/c1-28-16-18-8-6-17(7-9-18)15-23-22(25)12-13-24-29(26,27)21-11-10-19-4-2-3-5-20(19)14-21/h2-11,14,24H,12-13,15-16H2,1H3,(H,23,25). The van der Waals surface area contributed by atoms with Crippen molar-refractivity contribution in [2.45, 2.75) is 24.5 Å². The van der Waals surface area contributed by atoms with Gasteiger partial charge in [-0.25, -0.2) is 13.1 Å². The van der Waals surface area contributed by atoms with Gasteiger partial charge >= 0.3 is 0 Å². The Hall–Kier alpha value is -2.74. The second-order valence-corrected chi connectivity index (χ2v) is 8.45. The largest absolute Gasteiger partial charge is 0.380 e. The Morgan fingerprint density at radius 2 is 1.62 bits per heavy atom. The molecule has 6 nitrogen and oxygen atoms in total. The predicted molar refractivity (Wildman–Crippen MR) is 113 cm³/mol. The molecule has 2 N–H and O–H groups in total. The summed E-state index contributed by atoms with van der Waals surface area (Å²) in [6.07, 6.45) is 0.0641. The van der Waals surface area contributed by atoms with E-state index >= 15 is 0 Å². The summed E-state index contributed by atoms with van der Waals surface area (Å²) in [4.78, 5) is 12.2. The molecule has 0 atom stereocenters. The Kier molecular flexibility index (Phi) is 6.98. The lowest BCUT2D eigenvalue weighted by atomic mass is 10.1. The molecule has 0 spiro atoms. The summed E-state index contributed by atoms with van der Waals surface area (Å²) in [5.41, 5.74) is 2.03. The van der Waals surface area contributed by atoms with Crippen LogP contribution in [0.25, 0.3) is 10.8 Å². The Bertz CT molecular complexity index is 1080. The monoisotopic (exact) mass is 412 g/mol. The smallest absolute Gasteiger partial charge is 0.240 e. The summed E-state index contributed by atoms with van der Waals surface area (Å²) in [6, 6.07) is 20.3. The molecular formula is C22H24N2O4S. The van der Waals surface area contributed by atoms with E-state index in [1.165, 1.54) is 0 Å². The summed E-state index contributed by atoms with van der Waals surface area (Å²) in [6.45, 7) is 0.973. The molecule has 0 fully saturated rings. The molecule has 0 saturated heterocycles. The molecule has 152 valence electrons. The third-order valence-electron chi connectivity index (χ3n) is 4.50. The van der Waals surface area contributed by atoms with Crippen LogP contribution < -0.4 is 10.0 Å². The van der Waals surface area contributed by atoms with Gasteiger partial charge in [-0.15, -0.1) is 0 Å². The van der Waals surface area contributed by atoms with Crippen molar-refractivity contribution in [3.63, 3.8) is 0 Å². The van der Waals surface area contributed by atoms with Crippen LogP contribution in [0.15, 0.2) is 71.6 Å². The van der Waals surface area contributed by atoms with E-state index in [0.29, 0.717) is 13.2 Å². The van der Waals surface area contributed by atoms with Gasteiger partial charge in [0.05, 0.1) is 11.5 Å². The molecule has 0 unspecified atom stereocenters. The first-order valence-electron chi connectivity index (χ1n) is 9.30. The quantitative estimate of drug-likeness (QED) is 0.566. The van der Waals surface area contributed by atoms with Crippen LogP contribution in [0.1, 0.15) is 17.5 Å². The molecule has 3 aromatic carbocycles. The van der Waals surface area contributed by atoms with Crippen LogP contribution in [-0.4, -0.2) is 28.0 Å². The zero-order chi connectivity index (χ0) is 20.7. The summed E-state index contributed by atoms with van der Waals surface area (Å²) in [7, 11) is -2.03. The minimum absolute atomic E-state index is 0.0355. The van der Waals surface area contributed by atoms with E-state index in [2.05, 4.69) is 10.0 Å². The van der Waals surface area contributed by atoms with Crippen LogP contribution >= 0.6 is 0 Å². The van der Waals surface area contributed by atoms with Crippen molar-refractivity contribution >= 4 is 26.7 Å². The Morgan fingerprint density at radius 3 is 2.34 bits per heavy atom. The number of sulfonamides is 1. The first-order chi connectivity index (χ1) is 14.0. The summed E-state index contributed by atoms with van der Waals surface area (Å²) in [5, 5.41) is 4.62. The first-order valence-corrected chi connectivity index (χ1v) is 10.8. The summed E-state index contributed by atoms with van der Waals surface area (Å²) < 4.78 is 32.5. The Morgan fingerprint density at radius 1 is 0.931 bits per heavy atom. The minimum Gasteiger partial charge on any atom is -0.380 e. The molecule has 1 amide bonds. The van der Waals surface area contributed by atoms with E-state index in [0.717, 1.165) is 21.9 Å². The van der Waals surface area contributed by atoms with Gasteiger partial charge in [0.15, 0.2) is 0 Å². The molecule has 0 aliphatic heterocycles. The first kappa shape index (κ1) is 21.0. The maximum Gasteiger partial charge on any atom is 0.240 e. The van der Waals surface area contributed by atoms with Crippen molar-refractivity contribution < 1.29 is 17.9 Å². The number of carbonyl (C=O) groups excluding carboxylic acids is 1. The van der Waals surface area contributed by atoms with Gasteiger partial charge in [-0.05, 0) is 34.0 Å². The van der Waals surface area contributed by atoms with E-state index in [9.17, 15) is 13.2 Å². The fourth-order valence-electron chi connectivity index (χ4n) is 2.93. The molecule has 3 aromatic rings. The van der Waals surface area contributed by atoms with Crippen LogP contribution in [0, 0.1) is 0 Å². The van der Waals surface area contributed by atoms with Crippen molar-refractivity contribution in [2.75, 3.05) is 13.7 Å². The van der Waals surface area contributed by atoms with Crippen molar-refractivity contribution in [1.82, 2.24) is 10.0 Å². The number of hydrogen-bond acceptors (Lipinski definition) is 4. The van der Waals surface area contributed by atoms with Crippen molar-refractivity contribution in [3.05, 3.63) is 77.9 Å². The number of ether oxygens (including phenoxy) is 1. The predicted octanol–water partition coefficient (Wildman–Crippen LogP) is 2.97. The molecule has 0 aliphatic carbocycles. The van der Waals surface area contributed by atoms with Crippen LogP contribution in [-0.2, 0) is 32.7 Å². The minimum atomic E-state index is -3.67. The molecular weight excluding hydrogens is 388 g/mol. The topological polar surface area (TPSA) is 84.5 Å². The third-order valence-corrected chi connectivity index (χ3v) is 5.96. The van der Waals surface area contributed by atoms with Crippen molar-refractivity contribution in [3.8, 4) is 0 Å². The van der Waals surface area contributed by atoms with Crippen LogP contribution in [0.5, 0.6) is 0 Å². The van der Waals surface area contributed by atoms with Crippen LogP contribution in [0.2, 0.25) is 0 Å². The fourth-order valence-corrected chi connectivity index (χ4v) is 3.99. The lowest BCUT2D eigenvalue weighted by Crippen LogP contribution is -2.30. The SMILES string of the molecule is COCc1ccc(CNC(=O)CCNS(=O)(=O)c2ccc3ccccc3c2)cc1.